The topological polar surface area (TPSA) is 38.3 Å². The van der Waals surface area contributed by atoms with Crippen LogP contribution < -0.4 is 10.1 Å². The lowest BCUT2D eigenvalue weighted by molar-refractivity contribution is 0.0953. The molecule has 1 N–H and O–H groups in total. The molecule has 0 saturated carbocycles. The number of hydrogen-bond donors (Lipinski definition) is 1. The Bertz CT molecular complexity index is 632. The van der Waals surface area contributed by atoms with Gasteiger partial charge in [0.15, 0.2) is 0 Å². The Kier molecular flexibility index (Phi) is 6.21. The number of aryl methyl sites for hydroxylation is 2. The first kappa shape index (κ1) is 17.1. The van der Waals surface area contributed by atoms with Gasteiger partial charge in [-0.1, -0.05) is 29.8 Å². The number of carbonyl (C=O) groups excluding carboxylic acids is 1. The Morgan fingerprint density at radius 2 is 1.87 bits per heavy atom. The van der Waals surface area contributed by atoms with Crippen LogP contribution in [0.15, 0.2) is 48.5 Å². The average molecular weight is 311 g/mol. The average Bonchev–Trinajstić information content (AvgIpc) is 2.51. The summed E-state index contributed by atoms with van der Waals surface area (Å²) in [6, 6.07) is 15.8. The van der Waals surface area contributed by atoms with Crippen molar-refractivity contribution in [1.82, 2.24) is 5.32 Å². The lowest BCUT2D eigenvalue weighted by Gasteiger charge is -2.10. The van der Waals surface area contributed by atoms with Gasteiger partial charge in [-0.15, -0.1) is 0 Å². The van der Waals surface area contributed by atoms with Crippen LogP contribution in [0.1, 0.15) is 41.8 Å². The first-order chi connectivity index (χ1) is 11.0. The molecule has 2 aromatic rings. The van der Waals surface area contributed by atoms with Crippen molar-refractivity contribution in [3.8, 4) is 5.75 Å². The molecular weight excluding hydrogens is 286 g/mol. The van der Waals surface area contributed by atoms with E-state index in [1.807, 2.05) is 26.0 Å². The Morgan fingerprint density at radius 3 is 2.52 bits per heavy atom. The van der Waals surface area contributed by atoms with Crippen molar-refractivity contribution in [2.45, 2.75) is 39.7 Å². The van der Waals surface area contributed by atoms with Crippen LogP contribution in [-0.2, 0) is 6.42 Å². The predicted molar refractivity (Wildman–Crippen MR) is 94.0 cm³/mol. The third-order valence-corrected chi connectivity index (χ3v) is 3.50. The summed E-state index contributed by atoms with van der Waals surface area (Å²) >= 11 is 0. The van der Waals surface area contributed by atoms with Crippen molar-refractivity contribution < 1.29 is 9.53 Å². The summed E-state index contributed by atoms with van der Waals surface area (Å²) in [5.41, 5.74) is 3.25. The molecular formula is C20H25NO2. The van der Waals surface area contributed by atoms with Crippen LogP contribution in [0.5, 0.6) is 5.75 Å². The van der Waals surface area contributed by atoms with E-state index < -0.39 is 0 Å². The highest BCUT2D eigenvalue weighted by molar-refractivity contribution is 5.94. The second-order valence-electron chi connectivity index (χ2n) is 6.04. The minimum absolute atomic E-state index is 0.0367. The second kappa shape index (κ2) is 8.37. The first-order valence-corrected chi connectivity index (χ1v) is 8.15. The van der Waals surface area contributed by atoms with Crippen molar-refractivity contribution in [1.29, 1.82) is 0 Å². The summed E-state index contributed by atoms with van der Waals surface area (Å²) < 4.78 is 5.57. The zero-order valence-electron chi connectivity index (χ0n) is 14.1. The molecule has 2 aromatic carbocycles. The smallest absolute Gasteiger partial charge is 0.251 e. The number of carbonyl (C=O) groups is 1. The van der Waals surface area contributed by atoms with E-state index in [-0.39, 0.29) is 12.0 Å². The molecule has 23 heavy (non-hydrogen) atoms. The third kappa shape index (κ3) is 5.78. The van der Waals surface area contributed by atoms with Crippen LogP contribution in [-0.4, -0.2) is 18.6 Å². The molecule has 0 spiro atoms. The molecule has 0 unspecified atom stereocenters. The van der Waals surface area contributed by atoms with Crippen LogP contribution in [0, 0.1) is 6.92 Å². The minimum atomic E-state index is -0.0367. The molecule has 0 aliphatic carbocycles. The van der Waals surface area contributed by atoms with Gasteiger partial charge in [-0.25, -0.2) is 0 Å². The van der Waals surface area contributed by atoms with Crippen molar-refractivity contribution in [3.63, 3.8) is 0 Å². The fourth-order valence-electron chi connectivity index (χ4n) is 2.42. The van der Waals surface area contributed by atoms with Gasteiger partial charge in [0.2, 0.25) is 0 Å². The molecule has 0 bridgehead atoms. The Labute approximate surface area is 138 Å². The summed E-state index contributed by atoms with van der Waals surface area (Å²) in [6.45, 7) is 6.73. The van der Waals surface area contributed by atoms with E-state index in [1.54, 1.807) is 12.1 Å². The van der Waals surface area contributed by atoms with Gasteiger partial charge in [-0.05, 0) is 63.4 Å². The summed E-state index contributed by atoms with van der Waals surface area (Å²) in [5.74, 6) is 0.751. The van der Waals surface area contributed by atoms with Crippen LogP contribution in [0.25, 0.3) is 0 Å². The molecule has 0 heterocycles. The zero-order valence-corrected chi connectivity index (χ0v) is 14.1. The fourth-order valence-corrected chi connectivity index (χ4v) is 2.42. The quantitative estimate of drug-likeness (QED) is 0.780. The molecule has 122 valence electrons. The lowest BCUT2D eigenvalue weighted by Crippen LogP contribution is -2.24. The van der Waals surface area contributed by atoms with E-state index in [2.05, 4.69) is 36.5 Å². The maximum atomic E-state index is 12.1. The second-order valence-corrected chi connectivity index (χ2v) is 6.04. The Morgan fingerprint density at radius 1 is 1.13 bits per heavy atom. The number of benzene rings is 2. The van der Waals surface area contributed by atoms with E-state index in [4.69, 9.17) is 4.74 Å². The zero-order chi connectivity index (χ0) is 16.7. The molecule has 0 aliphatic heterocycles. The molecule has 0 aliphatic rings. The molecule has 1 amide bonds. The highest BCUT2D eigenvalue weighted by Crippen LogP contribution is 2.13. The number of amides is 1. The normalized spacial score (nSPS) is 10.6. The largest absolute Gasteiger partial charge is 0.491 e. The monoisotopic (exact) mass is 311 g/mol. The number of nitrogens with one attached hydrogen (secondary N) is 1. The first-order valence-electron chi connectivity index (χ1n) is 8.15. The fraction of sp³-hybridized carbons (Fsp3) is 0.350. The van der Waals surface area contributed by atoms with E-state index in [9.17, 15) is 4.79 Å². The molecule has 0 fully saturated rings. The molecule has 0 atom stereocenters. The van der Waals surface area contributed by atoms with Crippen LogP contribution in [0.2, 0.25) is 0 Å². The number of ether oxygens (including phenoxy) is 1. The van der Waals surface area contributed by atoms with E-state index >= 15 is 0 Å². The third-order valence-electron chi connectivity index (χ3n) is 3.50. The van der Waals surface area contributed by atoms with Gasteiger partial charge in [-0.2, -0.15) is 0 Å². The summed E-state index contributed by atoms with van der Waals surface area (Å²) in [5, 5.41) is 2.96. The predicted octanol–water partition coefficient (Wildman–Crippen LogP) is 4.14. The van der Waals surface area contributed by atoms with Crippen molar-refractivity contribution >= 4 is 5.91 Å². The summed E-state index contributed by atoms with van der Waals surface area (Å²) in [7, 11) is 0. The molecule has 0 aromatic heterocycles. The Hall–Kier alpha value is -2.29. The highest BCUT2D eigenvalue weighted by atomic mass is 16.5. The van der Waals surface area contributed by atoms with E-state index in [1.165, 1.54) is 11.1 Å². The van der Waals surface area contributed by atoms with Crippen LogP contribution in [0.4, 0.5) is 0 Å². The van der Waals surface area contributed by atoms with E-state index in [0.717, 1.165) is 18.6 Å². The van der Waals surface area contributed by atoms with Crippen LogP contribution >= 0.6 is 0 Å². The molecule has 2 rings (SSSR count). The van der Waals surface area contributed by atoms with Crippen LogP contribution in [0.3, 0.4) is 0 Å². The van der Waals surface area contributed by atoms with Gasteiger partial charge in [-0.3, -0.25) is 4.79 Å². The molecule has 3 nitrogen and oxygen atoms in total. The van der Waals surface area contributed by atoms with Crippen molar-refractivity contribution in [2.75, 3.05) is 6.54 Å². The van der Waals surface area contributed by atoms with Gasteiger partial charge in [0.25, 0.3) is 5.91 Å². The summed E-state index contributed by atoms with van der Waals surface area (Å²) in [4.78, 5) is 12.1. The number of hydrogen-bond acceptors (Lipinski definition) is 2. The maximum Gasteiger partial charge on any atom is 0.251 e. The standard InChI is InChI=1S/C20H25NO2/c1-15(2)23-19-11-9-18(10-12-19)20(22)21-13-5-8-17-7-4-6-16(3)14-17/h4,6-7,9-12,14-15H,5,8,13H2,1-3H3,(H,21,22). The van der Waals surface area contributed by atoms with Crippen molar-refractivity contribution in [2.24, 2.45) is 0 Å². The van der Waals surface area contributed by atoms with Gasteiger partial charge in [0.05, 0.1) is 6.10 Å². The lowest BCUT2D eigenvalue weighted by atomic mass is 10.1. The SMILES string of the molecule is Cc1cccc(CCCNC(=O)c2ccc(OC(C)C)cc2)c1. The van der Waals surface area contributed by atoms with E-state index in [0.29, 0.717) is 12.1 Å². The summed E-state index contributed by atoms with van der Waals surface area (Å²) in [6.07, 6.45) is 2.05. The van der Waals surface area contributed by atoms with Gasteiger partial charge >= 0.3 is 0 Å². The van der Waals surface area contributed by atoms with Gasteiger partial charge in [0.1, 0.15) is 5.75 Å². The van der Waals surface area contributed by atoms with Gasteiger partial charge in [0, 0.05) is 12.1 Å². The molecule has 0 saturated heterocycles. The number of rotatable bonds is 7. The highest BCUT2D eigenvalue weighted by Gasteiger charge is 2.05. The minimum Gasteiger partial charge on any atom is -0.491 e. The molecule has 0 radical (unpaired) electrons. The Balaban J connectivity index is 1.76. The van der Waals surface area contributed by atoms with Gasteiger partial charge < -0.3 is 10.1 Å². The molecule has 3 heteroatoms. The maximum absolute atomic E-state index is 12.1. The van der Waals surface area contributed by atoms with Crippen molar-refractivity contribution in [3.05, 3.63) is 65.2 Å².